The minimum Gasteiger partial charge on any atom is -0.785 e. The van der Waals surface area contributed by atoms with E-state index < -0.39 is 0 Å². The van der Waals surface area contributed by atoms with Crippen LogP contribution in [-0.2, 0) is 0 Å². The van der Waals surface area contributed by atoms with Crippen LogP contribution in [0.4, 0.5) is 0 Å². The van der Waals surface area contributed by atoms with Crippen LogP contribution in [-0.4, -0.2) is 17.6 Å². The van der Waals surface area contributed by atoms with Crippen molar-refractivity contribution >= 4 is 0 Å². The topological polar surface area (TPSA) is 26.3 Å². The van der Waals surface area contributed by atoms with Crippen LogP contribution in [0, 0.1) is 5.21 Å². The lowest BCUT2D eigenvalue weighted by Crippen LogP contribution is -2.31. The zero-order valence-corrected chi connectivity index (χ0v) is 5.00. The lowest BCUT2D eigenvalue weighted by atomic mass is 10.0. The van der Waals surface area contributed by atoms with E-state index >= 15 is 0 Å². The molecule has 46 valence electrons. The molecule has 1 rings (SSSR count). The first kappa shape index (κ1) is 5.79. The Balaban J connectivity index is 2.25. The van der Waals surface area contributed by atoms with Gasteiger partial charge in [-0.25, -0.2) is 0 Å². The Bertz CT molecular complexity index is 101. The molecule has 1 unspecified atom stereocenters. The van der Waals surface area contributed by atoms with Gasteiger partial charge in [0.15, 0.2) is 0 Å². The maximum Gasteiger partial charge on any atom is 0.0195 e. The largest absolute Gasteiger partial charge is 0.785 e. The second-order valence-electron chi connectivity index (χ2n) is 1.96. The number of hydroxylamine groups is 2. The predicted molar refractivity (Wildman–Crippen MR) is 33.3 cm³/mol. The smallest absolute Gasteiger partial charge is 0.0195 e. The molecule has 0 bridgehead atoms. The Labute approximate surface area is 49.4 Å². The summed E-state index contributed by atoms with van der Waals surface area (Å²) in [6, 6.07) is 0.194. The van der Waals surface area contributed by atoms with E-state index in [9.17, 15) is 5.21 Å². The second kappa shape index (κ2) is 2.29. The monoisotopic (exact) mass is 112 g/mol. The fourth-order valence-electron chi connectivity index (χ4n) is 0.706. The third-order valence-corrected chi connectivity index (χ3v) is 1.42. The van der Waals surface area contributed by atoms with Gasteiger partial charge in [-0.3, -0.25) is 0 Å². The van der Waals surface area contributed by atoms with Crippen LogP contribution in [0.2, 0.25) is 0 Å². The Morgan fingerprint density at radius 1 is 1.88 bits per heavy atom. The van der Waals surface area contributed by atoms with Gasteiger partial charge in [0.25, 0.3) is 0 Å². The average Bonchev–Trinajstić information content (AvgIpc) is 1.62. The highest BCUT2D eigenvalue weighted by atomic mass is 16.5. The van der Waals surface area contributed by atoms with Crippen LogP contribution in [0.3, 0.4) is 0 Å². The number of hydrogen-bond acceptors (Lipinski definition) is 2. The van der Waals surface area contributed by atoms with Crippen molar-refractivity contribution in [2.75, 3.05) is 6.54 Å². The molecular formula is C6H10NO-. The van der Waals surface area contributed by atoms with Gasteiger partial charge < -0.3 is 10.3 Å². The summed E-state index contributed by atoms with van der Waals surface area (Å²) in [7, 11) is 0. The van der Waals surface area contributed by atoms with E-state index in [0.717, 1.165) is 11.5 Å². The quantitative estimate of drug-likeness (QED) is 0.395. The Kier molecular flexibility index (Phi) is 1.65. The molecule has 0 N–H and O–H groups in total. The standard InChI is InChI=1S/C6H10NO/c1-2-7(8)6-4-3-5-6/h3-4,6H,2,5H2,1H3/q-1. The van der Waals surface area contributed by atoms with Gasteiger partial charge in [0.1, 0.15) is 0 Å². The molecule has 8 heavy (non-hydrogen) atoms. The van der Waals surface area contributed by atoms with Crippen molar-refractivity contribution in [3.05, 3.63) is 17.4 Å². The highest BCUT2D eigenvalue weighted by Crippen LogP contribution is 2.13. The molecule has 1 aliphatic carbocycles. The van der Waals surface area contributed by atoms with Gasteiger partial charge in [0.2, 0.25) is 0 Å². The predicted octanol–water partition coefficient (Wildman–Crippen LogP) is 1.13. The third-order valence-electron chi connectivity index (χ3n) is 1.42. The summed E-state index contributed by atoms with van der Waals surface area (Å²) in [4.78, 5) is 0. The van der Waals surface area contributed by atoms with Crippen LogP contribution >= 0.6 is 0 Å². The molecule has 0 saturated carbocycles. The van der Waals surface area contributed by atoms with E-state index in [0.29, 0.717) is 6.54 Å². The number of nitrogens with zero attached hydrogens (tertiary/aromatic N) is 1. The Morgan fingerprint density at radius 2 is 2.50 bits per heavy atom. The molecule has 2 heteroatoms. The minimum absolute atomic E-state index is 0.194. The van der Waals surface area contributed by atoms with Crippen molar-refractivity contribution in [2.24, 2.45) is 0 Å². The molecule has 0 amide bonds. The van der Waals surface area contributed by atoms with Crippen molar-refractivity contribution < 1.29 is 0 Å². The minimum atomic E-state index is 0.194. The number of rotatable bonds is 2. The molecule has 0 aliphatic heterocycles. The van der Waals surface area contributed by atoms with E-state index in [1.165, 1.54) is 0 Å². The number of likely N-dealkylation sites (N-methyl/N-ethyl adjacent to an activating group) is 1. The van der Waals surface area contributed by atoms with E-state index in [1.807, 2.05) is 19.1 Å². The van der Waals surface area contributed by atoms with E-state index in [2.05, 4.69) is 0 Å². The maximum absolute atomic E-state index is 10.7. The molecule has 1 aliphatic rings. The summed E-state index contributed by atoms with van der Waals surface area (Å²) < 4.78 is 0. The van der Waals surface area contributed by atoms with Crippen LogP contribution < -0.4 is 0 Å². The van der Waals surface area contributed by atoms with E-state index in [1.54, 1.807) is 0 Å². The second-order valence-corrected chi connectivity index (χ2v) is 1.96. The molecule has 0 aromatic heterocycles. The van der Waals surface area contributed by atoms with Crippen LogP contribution in [0.5, 0.6) is 0 Å². The fraction of sp³-hybridized carbons (Fsp3) is 0.667. The summed E-state index contributed by atoms with van der Waals surface area (Å²) in [6.07, 6.45) is 4.90. The van der Waals surface area contributed by atoms with Gasteiger partial charge >= 0.3 is 0 Å². The highest BCUT2D eigenvalue weighted by molar-refractivity contribution is 5.07. The fourth-order valence-corrected chi connectivity index (χ4v) is 0.706. The molecule has 2 nitrogen and oxygen atoms in total. The molecule has 0 heterocycles. The molecule has 0 fully saturated rings. The molecule has 0 saturated heterocycles. The normalized spacial score (nSPS) is 26.1. The first-order chi connectivity index (χ1) is 3.84. The van der Waals surface area contributed by atoms with Gasteiger partial charge in [-0.2, -0.15) is 0 Å². The summed E-state index contributed by atoms with van der Waals surface area (Å²) in [5.74, 6) is 0. The Hall–Kier alpha value is -0.340. The molecular weight excluding hydrogens is 102 g/mol. The molecule has 0 spiro atoms. The van der Waals surface area contributed by atoms with Crippen molar-refractivity contribution in [2.45, 2.75) is 19.4 Å². The maximum atomic E-state index is 10.7. The number of hydrogen-bond donors (Lipinski definition) is 0. The summed E-state index contributed by atoms with van der Waals surface area (Å²) in [6.45, 7) is 2.48. The van der Waals surface area contributed by atoms with Crippen molar-refractivity contribution in [1.82, 2.24) is 5.06 Å². The first-order valence-corrected chi connectivity index (χ1v) is 2.95. The lowest BCUT2D eigenvalue weighted by Gasteiger charge is -2.37. The lowest BCUT2D eigenvalue weighted by molar-refractivity contribution is 0.321. The van der Waals surface area contributed by atoms with Crippen molar-refractivity contribution in [1.29, 1.82) is 0 Å². The van der Waals surface area contributed by atoms with Gasteiger partial charge in [-0.15, -0.1) is 0 Å². The Morgan fingerprint density at radius 3 is 2.62 bits per heavy atom. The van der Waals surface area contributed by atoms with Crippen LogP contribution in [0.15, 0.2) is 12.2 Å². The van der Waals surface area contributed by atoms with Gasteiger partial charge in [-0.1, -0.05) is 19.1 Å². The summed E-state index contributed by atoms with van der Waals surface area (Å²) in [5.41, 5.74) is 0. The summed E-state index contributed by atoms with van der Waals surface area (Å²) in [5, 5.41) is 11.8. The van der Waals surface area contributed by atoms with E-state index in [-0.39, 0.29) is 6.04 Å². The van der Waals surface area contributed by atoms with Gasteiger partial charge in [0.05, 0.1) is 0 Å². The zero-order chi connectivity index (χ0) is 5.98. The zero-order valence-electron chi connectivity index (χ0n) is 5.00. The molecule has 1 atom stereocenters. The highest BCUT2D eigenvalue weighted by Gasteiger charge is 2.08. The molecule has 0 aromatic rings. The van der Waals surface area contributed by atoms with Crippen molar-refractivity contribution in [3.8, 4) is 0 Å². The van der Waals surface area contributed by atoms with Crippen LogP contribution in [0.1, 0.15) is 13.3 Å². The SMILES string of the molecule is CCN([O-])C1C=CC1. The average molecular weight is 112 g/mol. The molecule has 0 radical (unpaired) electrons. The molecule has 0 aromatic carbocycles. The summed E-state index contributed by atoms with van der Waals surface area (Å²) >= 11 is 0. The van der Waals surface area contributed by atoms with Crippen LogP contribution in [0.25, 0.3) is 0 Å². The van der Waals surface area contributed by atoms with Gasteiger partial charge in [0, 0.05) is 6.04 Å². The van der Waals surface area contributed by atoms with Gasteiger partial charge in [-0.05, 0) is 13.0 Å². The van der Waals surface area contributed by atoms with E-state index in [4.69, 9.17) is 0 Å². The third kappa shape index (κ3) is 0.904. The first-order valence-electron chi connectivity index (χ1n) is 2.95. The van der Waals surface area contributed by atoms with Crippen molar-refractivity contribution in [3.63, 3.8) is 0 Å².